The van der Waals surface area contributed by atoms with Crippen molar-refractivity contribution >= 4 is 24.3 Å². The van der Waals surface area contributed by atoms with Gasteiger partial charge in [0.05, 0.1) is 11.1 Å². The van der Waals surface area contributed by atoms with E-state index in [1.54, 1.807) is 0 Å². The molecule has 0 bridgehead atoms. The van der Waals surface area contributed by atoms with E-state index in [2.05, 4.69) is 0 Å². The van der Waals surface area contributed by atoms with Crippen LogP contribution in [0.3, 0.4) is 0 Å². The Hall–Kier alpha value is -3.56. The first-order valence-corrected chi connectivity index (χ1v) is 10.0. The number of aromatic nitrogens is 1. The second-order valence-electron chi connectivity index (χ2n) is 7.48. The van der Waals surface area contributed by atoms with Gasteiger partial charge in [0.15, 0.2) is 0 Å². The van der Waals surface area contributed by atoms with E-state index in [1.165, 1.54) is 66.8 Å². The lowest BCUT2D eigenvalue weighted by Gasteiger charge is -2.08. The SMILES string of the molecule is FC(F)(F)C[n+]1c(/C=C/c2ccc(C(F)(F)F)cc2)cccc1/C=C/c1ccc(C(F)(F)F)cc1. The van der Waals surface area contributed by atoms with Crippen LogP contribution >= 0.6 is 0 Å². The summed E-state index contributed by atoms with van der Waals surface area (Å²) < 4.78 is 117. The van der Waals surface area contributed by atoms with E-state index in [0.717, 1.165) is 28.8 Å². The van der Waals surface area contributed by atoms with Gasteiger partial charge in [0, 0.05) is 24.3 Å². The zero-order valence-corrected chi connectivity index (χ0v) is 17.7. The minimum absolute atomic E-state index is 0.122. The molecule has 0 saturated carbocycles. The van der Waals surface area contributed by atoms with Gasteiger partial charge in [-0.1, -0.05) is 24.3 Å². The molecule has 0 fully saturated rings. The Morgan fingerprint density at radius 3 is 1.20 bits per heavy atom. The molecule has 0 saturated heterocycles. The van der Waals surface area contributed by atoms with Crippen LogP contribution in [0.2, 0.25) is 0 Å². The molecule has 1 aromatic heterocycles. The maximum atomic E-state index is 13.3. The molecule has 1 nitrogen and oxygen atoms in total. The smallest absolute Gasteiger partial charge is 0.183 e. The normalized spacial score (nSPS) is 13.2. The molecule has 0 N–H and O–H groups in total. The molecule has 10 heteroatoms. The van der Waals surface area contributed by atoms with Crippen molar-refractivity contribution in [2.45, 2.75) is 25.1 Å². The molecule has 0 aliphatic carbocycles. The number of halogens is 9. The number of pyridine rings is 1. The summed E-state index contributed by atoms with van der Waals surface area (Å²) >= 11 is 0. The quantitative estimate of drug-likeness (QED) is 0.247. The third kappa shape index (κ3) is 7.46. The molecule has 0 unspecified atom stereocenters. The summed E-state index contributed by atoms with van der Waals surface area (Å²) in [5.41, 5.74) is -0.757. The molecule has 3 rings (SSSR count). The Morgan fingerprint density at radius 2 is 0.886 bits per heavy atom. The van der Waals surface area contributed by atoms with E-state index in [4.69, 9.17) is 0 Å². The summed E-state index contributed by atoms with van der Waals surface area (Å²) in [6, 6.07) is 12.6. The van der Waals surface area contributed by atoms with E-state index >= 15 is 0 Å². The molecule has 0 radical (unpaired) electrons. The van der Waals surface area contributed by atoms with E-state index in [9.17, 15) is 39.5 Å². The van der Waals surface area contributed by atoms with Crippen LogP contribution in [0.1, 0.15) is 33.6 Å². The molecule has 0 spiro atoms. The Labute approximate surface area is 194 Å². The van der Waals surface area contributed by atoms with E-state index in [0.29, 0.717) is 11.1 Å². The molecule has 184 valence electrons. The number of alkyl halides is 9. The van der Waals surface area contributed by atoms with Gasteiger partial charge >= 0.3 is 18.5 Å². The first kappa shape index (κ1) is 26.1. The Morgan fingerprint density at radius 1 is 0.514 bits per heavy atom. The minimum atomic E-state index is -4.58. The van der Waals surface area contributed by atoms with Crippen LogP contribution in [-0.4, -0.2) is 6.18 Å². The third-order valence-corrected chi connectivity index (χ3v) is 4.86. The summed E-state index contributed by atoms with van der Waals surface area (Å²) in [7, 11) is 0. The molecule has 35 heavy (non-hydrogen) atoms. The second kappa shape index (κ2) is 9.97. The second-order valence-corrected chi connectivity index (χ2v) is 7.48. The van der Waals surface area contributed by atoms with Crippen molar-refractivity contribution in [3.8, 4) is 0 Å². The fourth-order valence-electron chi connectivity index (χ4n) is 3.16. The van der Waals surface area contributed by atoms with Crippen molar-refractivity contribution in [1.29, 1.82) is 0 Å². The van der Waals surface area contributed by atoms with Crippen LogP contribution in [0.15, 0.2) is 66.7 Å². The highest BCUT2D eigenvalue weighted by atomic mass is 19.4. The monoisotopic (exact) mass is 502 g/mol. The van der Waals surface area contributed by atoms with Crippen molar-refractivity contribution < 1.29 is 44.1 Å². The predicted octanol–water partition coefficient (Wildman–Crippen LogP) is 7.91. The topological polar surface area (TPSA) is 3.88 Å². The fourth-order valence-corrected chi connectivity index (χ4v) is 3.16. The van der Waals surface area contributed by atoms with Gasteiger partial charge in [0.1, 0.15) is 0 Å². The van der Waals surface area contributed by atoms with E-state index in [-0.39, 0.29) is 11.4 Å². The van der Waals surface area contributed by atoms with Gasteiger partial charge in [-0.05, 0) is 53.6 Å². The molecule has 1 heterocycles. The summed E-state index contributed by atoms with van der Waals surface area (Å²) in [5.74, 6) is 0. The Bertz CT molecular complexity index is 1110. The van der Waals surface area contributed by atoms with Crippen molar-refractivity contribution in [2.24, 2.45) is 0 Å². The molecular weight excluding hydrogens is 485 g/mol. The van der Waals surface area contributed by atoms with Crippen molar-refractivity contribution in [3.63, 3.8) is 0 Å². The van der Waals surface area contributed by atoms with E-state index in [1.807, 2.05) is 0 Å². The van der Waals surface area contributed by atoms with Gasteiger partial charge in [-0.3, -0.25) is 0 Å². The van der Waals surface area contributed by atoms with Crippen LogP contribution in [0.5, 0.6) is 0 Å². The number of benzene rings is 2. The van der Waals surface area contributed by atoms with Gasteiger partial charge in [-0.2, -0.15) is 44.1 Å². The molecular formula is C25H17F9N+. The van der Waals surface area contributed by atoms with Gasteiger partial charge in [0.2, 0.25) is 17.9 Å². The molecule has 0 amide bonds. The van der Waals surface area contributed by atoms with E-state index < -0.39 is 36.2 Å². The van der Waals surface area contributed by atoms with Crippen molar-refractivity contribution in [2.75, 3.05) is 0 Å². The largest absolute Gasteiger partial charge is 0.448 e. The van der Waals surface area contributed by atoms with Gasteiger partial charge < -0.3 is 0 Å². The summed E-state index contributed by atoms with van der Waals surface area (Å²) in [6.07, 6.45) is -8.16. The van der Waals surface area contributed by atoms with Crippen LogP contribution in [-0.2, 0) is 18.9 Å². The van der Waals surface area contributed by atoms with Crippen molar-refractivity contribution in [3.05, 3.63) is 100 Å². The zero-order valence-electron chi connectivity index (χ0n) is 17.7. The molecule has 0 atom stereocenters. The molecule has 3 aromatic rings. The lowest BCUT2D eigenvalue weighted by Crippen LogP contribution is -2.46. The molecule has 0 aliphatic heterocycles. The highest BCUT2D eigenvalue weighted by molar-refractivity contribution is 5.69. The summed E-state index contributed by atoms with van der Waals surface area (Å²) in [4.78, 5) is 0. The maximum Gasteiger partial charge on any atom is 0.448 e. The highest BCUT2D eigenvalue weighted by Gasteiger charge is 2.36. The Balaban J connectivity index is 1.92. The van der Waals surface area contributed by atoms with Crippen LogP contribution in [0.4, 0.5) is 39.5 Å². The number of hydrogen-bond donors (Lipinski definition) is 0. The molecule has 2 aromatic carbocycles. The minimum Gasteiger partial charge on any atom is -0.183 e. The number of rotatable bonds is 5. The standard InChI is InChI=1S/C25H17F9N/c26-23(27,28)16-35-21(14-8-17-4-10-19(11-5-17)24(29,30)31)2-1-3-22(35)15-9-18-6-12-20(13-7-18)25(32,33)34/h1-15H,16H2/q+1/b14-8+,15-9+. The van der Waals surface area contributed by atoms with Crippen LogP contribution in [0.25, 0.3) is 24.3 Å². The van der Waals surface area contributed by atoms with Crippen LogP contribution in [0, 0.1) is 0 Å². The predicted molar refractivity (Wildman–Crippen MR) is 113 cm³/mol. The zero-order chi connectivity index (χ0) is 25.9. The average molecular weight is 502 g/mol. The third-order valence-electron chi connectivity index (χ3n) is 4.86. The maximum absolute atomic E-state index is 13.3. The first-order valence-electron chi connectivity index (χ1n) is 10.0. The van der Waals surface area contributed by atoms with Crippen molar-refractivity contribution in [1.82, 2.24) is 0 Å². The van der Waals surface area contributed by atoms with Gasteiger partial charge in [0.25, 0.3) is 0 Å². The summed E-state index contributed by atoms with van der Waals surface area (Å²) in [6.45, 7) is -1.35. The van der Waals surface area contributed by atoms with Gasteiger partial charge in [-0.15, -0.1) is 0 Å². The van der Waals surface area contributed by atoms with Gasteiger partial charge in [-0.25, -0.2) is 0 Å². The lowest BCUT2D eigenvalue weighted by atomic mass is 10.1. The Kier molecular flexibility index (Phi) is 7.42. The highest BCUT2D eigenvalue weighted by Crippen LogP contribution is 2.30. The number of nitrogens with zero attached hydrogens (tertiary/aromatic N) is 1. The fraction of sp³-hybridized carbons (Fsp3) is 0.160. The van der Waals surface area contributed by atoms with Crippen LogP contribution < -0.4 is 4.57 Å². The summed E-state index contributed by atoms with van der Waals surface area (Å²) in [5, 5.41) is 0. The average Bonchev–Trinajstić information content (AvgIpc) is 2.76. The lowest BCUT2D eigenvalue weighted by molar-refractivity contribution is -0.722. The molecule has 0 aliphatic rings. The number of hydrogen-bond acceptors (Lipinski definition) is 0. The first-order chi connectivity index (χ1) is 16.2.